The summed E-state index contributed by atoms with van der Waals surface area (Å²) in [6.07, 6.45) is 2.28. The Kier molecular flexibility index (Phi) is 10.8. The van der Waals surface area contributed by atoms with Crippen molar-refractivity contribution in [2.24, 2.45) is 0 Å². The molecule has 0 unspecified atom stereocenters. The molecule has 0 aromatic heterocycles. The van der Waals surface area contributed by atoms with Crippen molar-refractivity contribution in [2.75, 3.05) is 11.5 Å². The highest BCUT2D eigenvalue weighted by atomic mass is 32.2. The monoisotopic (exact) mass is 542 g/mol. The lowest BCUT2D eigenvalue weighted by molar-refractivity contribution is 0.910. The summed E-state index contributed by atoms with van der Waals surface area (Å²) in [6, 6.07) is 42.1. The van der Waals surface area contributed by atoms with E-state index in [9.17, 15) is 0 Å². The molecule has 0 aliphatic heterocycles. The van der Waals surface area contributed by atoms with E-state index < -0.39 is 0 Å². The molecule has 4 rings (SSSR count). The van der Waals surface area contributed by atoms with Gasteiger partial charge in [-0.1, -0.05) is 121 Å². The summed E-state index contributed by atoms with van der Waals surface area (Å²) in [6.45, 7) is 0. The van der Waals surface area contributed by atoms with Gasteiger partial charge in [-0.2, -0.15) is 0 Å². The van der Waals surface area contributed by atoms with E-state index in [2.05, 4.69) is 109 Å². The smallest absolute Gasteiger partial charge is 0.0284 e. The van der Waals surface area contributed by atoms with E-state index in [-0.39, 0.29) is 0 Å². The Hall–Kier alpha value is -2.24. The topological polar surface area (TPSA) is 0 Å². The van der Waals surface area contributed by atoms with Gasteiger partial charge in [-0.15, -0.1) is 48.8 Å². The maximum absolute atomic E-state index is 4.93. The fourth-order valence-corrected chi connectivity index (χ4v) is 6.93. The summed E-state index contributed by atoms with van der Waals surface area (Å²) in [7, 11) is 0. The van der Waals surface area contributed by atoms with Crippen LogP contribution in [-0.2, 0) is 0 Å². The molecule has 36 heavy (non-hydrogen) atoms. The first-order valence-corrected chi connectivity index (χ1v) is 14.9. The van der Waals surface area contributed by atoms with Gasteiger partial charge in [0.15, 0.2) is 0 Å². The number of unbranched alkanes of at least 4 members (excludes halogenated alkanes) is 1. The van der Waals surface area contributed by atoms with Crippen LogP contribution in [0.25, 0.3) is 19.6 Å². The molecule has 0 aliphatic carbocycles. The van der Waals surface area contributed by atoms with E-state index in [1.807, 2.05) is 35.7 Å². The first kappa shape index (κ1) is 26.8. The molecule has 0 bridgehead atoms. The second-order valence-corrected chi connectivity index (χ2v) is 11.3. The van der Waals surface area contributed by atoms with Crippen LogP contribution in [0.5, 0.6) is 0 Å². The Balaban J connectivity index is 1.40. The third kappa shape index (κ3) is 7.63. The van der Waals surface area contributed by atoms with Crippen LogP contribution in [0.15, 0.2) is 121 Å². The molecule has 0 atom stereocenters. The van der Waals surface area contributed by atoms with Crippen molar-refractivity contribution in [1.82, 2.24) is 0 Å². The predicted octanol–water partition coefficient (Wildman–Crippen LogP) is 10.1. The molecule has 4 aromatic rings. The molecule has 0 N–H and O–H groups in total. The van der Waals surface area contributed by atoms with Gasteiger partial charge in [-0.25, -0.2) is 0 Å². The van der Waals surface area contributed by atoms with E-state index in [0.717, 1.165) is 45.3 Å². The van der Waals surface area contributed by atoms with Crippen LogP contribution in [0.2, 0.25) is 0 Å². The fraction of sp³-hybridized carbons (Fsp3) is 0.125. The van der Waals surface area contributed by atoms with E-state index in [1.165, 1.54) is 20.9 Å². The Labute approximate surface area is 235 Å². The molecule has 4 heteroatoms. The maximum atomic E-state index is 4.93. The Morgan fingerprint density at radius 3 is 1.00 bits per heavy atom. The van der Waals surface area contributed by atoms with Gasteiger partial charge in [0.1, 0.15) is 0 Å². The van der Waals surface area contributed by atoms with Crippen molar-refractivity contribution in [3.63, 3.8) is 0 Å². The lowest BCUT2D eigenvalue weighted by Crippen LogP contribution is -1.91. The van der Waals surface area contributed by atoms with Gasteiger partial charge in [0, 0.05) is 19.6 Å². The summed E-state index contributed by atoms with van der Waals surface area (Å²) in [5.74, 6) is 2.11. The number of hydrogen-bond donors (Lipinski definition) is 2. The molecule has 0 fully saturated rings. The normalized spacial score (nSPS) is 12.6. The number of rotatable bonds is 11. The molecule has 0 spiro atoms. The summed E-state index contributed by atoms with van der Waals surface area (Å²) in [5, 5.41) is 0. The molecule has 0 radical (unpaired) electrons. The van der Waals surface area contributed by atoms with Crippen molar-refractivity contribution >= 4 is 68.4 Å². The van der Waals surface area contributed by atoms with Gasteiger partial charge < -0.3 is 0 Å². The number of benzene rings is 4. The second-order valence-electron chi connectivity index (χ2n) is 8.22. The first-order valence-electron chi connectivity index (χ1n) is 12.1. The molecule has 182 valence electrons. The van der Waals surface area contributed by atoms with Gasteiger partial charge in [0.05, 0.1) is 0 Å². The van der Waals surface area contributed by atoms with Gasteiger partial charge >= 0.3 is 0 Å². The average Bonchev–Trinajstić information content (AvgIpc) is 2.96. The molecule has 0 heterocycles. The minimum absolute atomic E-state index is 1.04. The SMILES string of the molecule is S/C(=C(\SCCCCS/C(=C(\S)c1ccccc1)c1ccccc1)c1ccccc1)c1ccccc1. The summed E-state index contributed by atoms with van der Waals surface area (Å²) in [4.78, 5) is 4.56. The lowest BCUT2D eigenvalue weighted by Gasteiger charge is -2.14. The summed E-state index contributed by atoms with van der Waals surface area (Å²) < 4.78 is 0. The average molecular weight is 543 g/mol. The van der Waals surface area contributed by atoms with Crippen LogP contribution < -0.4 is 0 Å². The standard InChI is InChI=1S/C32H30S4/c33-29(25-15-5-1-6-16-25)31(27-19-9-3-10-20-27)35-23-13-14-24-36-32(28-21-11-4-12-22-28)30(34)26-17-7-2-8-18-26/h1-12,15-22,33-34H,13-14,23-24H2/b31-29-,32-30-. The zero-order chi connectivity index (χ0) is 25.0. The Morgan fingerprint density at radius 2 is 0.694 bits per heavy atom. The van der Waals surface area contributed by atoms with E-state index in [4.69, 9.17) is 25.3 Å². The Bertz CT molecular complexity index is 1160. The molecular weight excluding hydrogens is 513 g/mol. The van der Waals surface area contributed by atoms with Gasteiger partial charge in [-0.3, -0.25) is 0 Å². The summed E-state index contributed by atoms with van der Waals surface area (Å²) in [5.41, 5.74) is 4.76. The quantitative estimate of drug-likeness (QED) is 0.110. The van der Waals surface area contributed by atoms with E-state index in [1.54, 1.807) is 0 Å². The van der Waals surface area contributed by atoms with Crippen LogP contribution in [0.3, 0.4) is 0 Å². The first-order chi connectivity index (χ1) is 17.7. The van der Waals surface area contributed by atoms with Crippen molar-refractivity contribution < 1.29 is 0 Å². The van der Waals surface area contributed by atoms with Gasteiger partial charge in [0.25, 0.3) is 0 Å². The van der Waals surface area contributed by atoms with Crippen LogP contribution in [-0.4, -0.2) is 11.5 Å². The third-order valence-electron chi connectivity index (χ3n) is 5.63. The minimum atomic E-state index is 1.04. The van der Waals surface area contributed by atoms with Crippen LogP contribution in [0, 0.1) is 0 Å². The van der Waals surface area contributed by atoms with E-state index >= 15 is 0 Å². The number of thiol groups is 2. The molecule has 0 amide bonds. The van der Waals surface area contributed by atoms with Gasteiger partial charge in [-0.05, 0) is 46.6 Å². The van der Waals surface area contributed by atoms with Crippen LogP contribution in [0.4, 0.5) is 0 Å². The highest BCUT2D eigenvalue weighted by molar-refractivity contribution is 8.10. The van der Waals surface area contributed by atoms with Crippen molar-refractivity contribution in [3.05, 3.63) is 144 Å². The molecule has 0 nitrogen and oxygen atoms in total. The zero-order valence-electron chi connectivity index (χ0n) is 20.1. The van der Waals surface area contributed by atoms with Crippen LogP contribution >= 0.6 is 48.8 Å². The van der Waals surface area contributed by atoms with Crippen molar-refractivity contribution in [1.29, 1.82) is 0 Å². The number of hydrogen-bond acceptors (Lipinski definition) is 4. The zero-order valence-corrected chi connectivity index (χ0v) is 23.5. The highest BCUT2D eigenvalue weighted by Gasteiger charge is 2.11. The van der Waals surface area contributed by atoms with Gasteiger partial charge in [0.2, 0.25) is 0 Å². The third-order valence-corrected chi connectivity index (χ3v) is 9.34. The maximum Gasteiger partial charge on any atom is 0.0284 e. The molecule has 0 saturated carbocycles. The minimum Gasteiger partial charge on any atom is -0.142 e. The predicted molar refractivity (Wildman–Crippen MR) is 172 cm³/mol. The second kappa shape index (κ2) is 14.5. The van der Waals surface area contributed by atoms with Crippen molar-refractivity contribution in [2.45, 2.75) is 12.8 Å². The molecule has 0 aliphatic rings. The fourth-order valence-electron chi connectivity index (χ4n) is 3.76. The molecule has 0 saturated heterocycles. The van der Waals surface area contributed by atoms with Crippen LogP contribution in [0.1, 0.15) is 35.1 Å². The molecular formula is C32H30S4. The molecule has 4 aromatic carbocycles. The largest absolute Gasteiger partial charge is 0.142 e. The van der Waals surface area contributed by atoms with E-state index in [0.29, 0.717) is 0 Å². The van der Waals surface area contributed by atoms with Crippen molar-refractivity contribution in [3.8, 4) is 0 Å². The Morgan fingerprint density at radius 1 is 0.417 bits per heavy atom. The lowest BCUT2D eigenvalue weighted by atomic mass is 10.1. The number of thioether (sulfide) groups is 2. The summed E-state index contributed by atoms with van der Waals surface area (Å²) >= 11 is 13.7. The highest BCUT2D eigenvalue weighted by Crippen LogP contribution is 2.40.